The van der Waals surface area contributed by atoms with Gasteiger partial charge in [-0.05, 0) is 37.5 Å². The summed E-state index contributed by atoms with van der Waals surface area (Å²) in [4.78, 5) is 22.7. The summed E-state index contributed by atoms with van der Waals surface area (Å²) in [6.45, 7) is 6.07. The van der Waals surface area contributed by atoms with Crippen molar-refractivity contribution in [2.45, 2.75) is 46.1 Å². The molecule has 1 unspecified atom stereocenters. The number of hydrogen-bond acceptors (Lipinski definition) is 3. The van der Waals surface area contributed by atoms with Crippen LogP contribution < -0.4 is 10.1 Å². The largest absolute Gasteiger partial charge is 0.493 e. The highest BCUT2D eigenvalue weighted by atomic mass is 16.5. The van der Waals surface area contributed by atoms with E-state index >= 15 is 0 Å². The molecule has 0 saturated carbocycles. The number of rotatable bonds is 8. The number of carboxylic acids is 1. The summed E-state index contributed by atoms with van der Waals surface area (Å²) in [6, 6.07) is 4.94. The van der Waals surface area contributed by atoms with Crippen molar-refractivity contribution in [3.63, 3.8) is 0 Å². The van der Waals surface area contributed by atoms with Gasteiger partial charge in [-0.2, -0.15) is 0 Å². The van der Waals surface area contributed by atoms with E-state index in [1.165, 1.54) is 0 Å². The fourth-order valence-corrected chi connectivity index (χ4v) is 1.95. The Labute approximate surface area is 125 Å². The van der Waals surface area contributed by atoms with Crippen LogP contribution in [0.1, 0.15) is 37.3 Å². The topological polar surface area (TPSA) is 75.6 Å². The molecule has 0 fully saturated rings. The molecule has 0 aromatic heterocycles. The van der Waals surface area contributed by atoms with Crippen molar-refractivity contribution in [3.05, 3.63) is 29.3 Å². The van der Waals surface area contributed by atoms with Crippen molar-refractivity contribution >= 4 is 11.9 Å². The average Bonchev–Trinajstić information content (AvgIpc) is 2.43. The maximum absolute atomic E-state index is 11.7. The van der Waals surface area contributed by atoms with Crippen LogP contribution >= 0.6 is 0 Å². The van der Waals surface area contributed by atoms with Crippen LogP contribution in [0, 0.1) is 13.8 Å². The van der Waals surface area contributed by atoms with E-state index in [0.717, 1.165) is 16.9 Å². The molecular formula is C16H23NO4. The maximum Gasteiger partial charge on any atom is 0.326 e. The molecule has 0 radical (unpaired) electrons. The summed E-state index contributed by atoms with van der Waals surface area (Å²) in [5.41, 5.74) is 2.18. The van der Waals surface area contributed by atoms with Crippen LogP contribution in [0.5, 0.6) is 5.75 Å². The number of benzene rings is 1. The zero-order valence-electron chi connectivity index (χ0n) is 12.8. The maximum atomic E-state index is 11.7. The monoisotopic (exact) mass is 293 g/mol. The molecule has 0 aliphatic rings. The Bertz CT molecular complexity index is 499. The number of carboxylic acid groups (broad SMARTS) is 1. The van der Waals surface area contributed by atoms with Crippen LogP contribution in [-0.4, -0.2) is 29.6 Å². The van der Waals surface area contributed by atoms with Gasteiger partial charge in [0.2, 0.25) is 5.91 Å². The second-order valence-electron chi connectivity index (χ2n) is 5.04. The molecule has 2 N–H and O–H groups in total. The minimum absolute atomic E-state index is 0.140. The molecule has 0 aliphatic carbocycles. The van der Waals surface area contributed by atoms with Crippen LogP contribution in [-0.2, 0) is 9.59 Å². The van der Waals surface area contributed by atoms with E-state index in [0.29, 0.717) is 12.8 Å². The SMILES string of the molecule is CCCC(NC(=O)CCOc1cccc(C)c1C)C(=O)O. The Balaban J connectivity index is 2.43. The number of nitrogens with one attached hydrogen (secondary N) is 1. The molecule has 0 spiro atoms. The first kappa shape index (κ1) is 17.0. The lowest BCUT2D eigenvalue weighted by Gasteiger charge is -2.14. The molecule has 5 nitrogen and oxygen atoms in total. The van der Waals surface area contributed by atoms with Crippen LogP contribution in [0.3, 0.4) is 0 Å². The normalized spacial score (nSPS) is 11.8. The lowest BCUT2D eigenvalue weighted by molar-refractivity contribution is -0.142. The number of ether oxygens (including phenoxy) is 1. The van der Waals surface area contributed by atoms with Crippen LogP contribution in [0.2, 0.25) is 0 Å². The van der Waals surface area contributed by atoms with Crippen LogP contribution in [0.4, 0.5) is 0 Å². The van der Waals surface area contributed by atoms with Crippen molar-refractivity contribution in [1.29, 1.82) is 0 Å². The molecule has 5 heteroatoms. The van der Waals surface area contributed by atoms with Gasteiger partial charge in [0.15, 0.2) is 0 Å². The smallest absolute Gasteiger partial charge is 0.326 e. The third-order valence-electron chi connectivity index (χ3n) is 3.35. The van der Waals surface area contributed by atoms with Gasteiger partial charge in [0.25, 0.3) is 0 Å². The molecule has 0 heterocycles. The summed E-state index contributed by atoms with van der Waals surface area (Å²) in [5, 5.41) is 11.5. The Morgan fingerprint density at radius 1 is 1.33 bits per heavy atom. The Morgan fingerprint density at radius 3 is 2.67 bits per heavy atom. The van der Waals surface area contributed by atoms with Crippen LogP contribution in [0.15, 0.2) is 18.2 Å². The number of carbonyl (C=O) groups excluding carboxylic acids is 1. The number of hydrogen-bond donors (Lipinski definition) is 2. The van der Waals surface area contributed by atoms with E-state index in [-0.39, 0.29) is 18.9 Å². The highest BCUT2D eigenvalue weighted by molar-refractivity contribution is 5.83. The minimum atomic E-state index is -0.999. The highest BCUT2D eigenvalue weighted by Gasteiger charge is 2.18. The number of aryl methyl sites for hydroxylation is 1. The molecule has 116 valence electrons. The zero-order chi connectivity index (χ0) is 15.8. The summed E-state index contributed by atoms with van der Waals surface area (Å²) >= 11 is 0. The van der Waals surface area contributed by atoms with Gasteiger partial charge in [-0.1, -0.05) is 25.5 Å². The highest BCUT2D eigenvalue weighted by Crippen LogP contribution is 2.20. The molecule has 1 amide bonds. The summed E-state index contributed by atoms with van der Waals surface area (Å²) in [6.07, 6.45) is 1.27. The molecule has 1 rings (SSSR count). The quantitative estimate of drug-likeness (QED) is 0.772. The van der Waals surface area contributed by atoms with E-state index in [9.17, 15) is 9.59 Å². The Morgan fingerprint density at radius 2 is 2.05 bits per heavy atom. The Hall–Kier alpha value is -2.04. The third-order valence-corrected chi connectivity index (χ3v) is 3.35. The second kappa shape index (κ2) is 8.29. The number of amides is 1. The lowest BCUT2D eigenvalue weighted by Crippen LogP contribution is -2.41. The van der Waals surface area contributed by atoms with Crippen molar-refractivity contribution in [2.75, 3.05) is 6.61 Å². The first-order valence-electron chi connectivity index (χ1n) is 7.16. The Kier molecular flexibility index (Phi) is 6.72. The van der Waals surface area contributed by atoms with Crippen molar-refractivity contribution in [1.82, 2.24) is 5.32 Å². The number of carbonyl (C=O) groups is 2. The second-order valence-corrected chi connectivity index (χ2v) is 5.04. The molecule has 1 atom stereocenters. The first-order chi connectivity index (χ1) is 9.95. The van der Waals surface area contributed by atoms with Crippen molar-refractivity contribution in [2.24, 2.45) is 0 Å². The molecular weight excluding hydrogens is 270 g/mol. The van der Waals surface area contributed by atoms with Gasteiger partial charge in [0.05, 0.1) is 13.0 Å². The molecule has 0 saturated heterocycles. The predicted octanol–water partition coefficient (Wildman–Crippen LogP) is 2.44. The van der Waals surface area contributed by atoms with Gasteiger partial charge in [-0.3, -0.25) is 4.79 Å². The van der Waals surface area contributed by atoms with Gasteiger partial charge in [0, 0.05) is 0 Å². The van der Waals surface area contributed by atoms with Crippen molar-refractivity contribution in [3.8, 4) is 5.75 Å². The minimum Gasteiger partial charge on any atom is -0.493 e. The first-order valence-corrected chi connectivity index (χ1v) is 7.16. The summed E-state index contributed by atoms with van der Waals surface area (Å²) < 4.78 is 5.58. The van der Waals surface area contributed by atoms with E-state index in [1.54, 1.807) is 0 Å². The van der Waals surface area contributed by atoms with Crippen LogP contribution in [0.25, 0.3) is 0 Å². The fourth-order valence-electron chi connectivity index (χ4n) is 1.95. The van der Waals surface area contributed by atoms with Gasteiger partial charge in [-0.15, -0.1) is 0 Å². The third kappa shape index (κ3) is 5.45. The predicted molar refractivity (Wildman–Crippen MR) is 80.5 cm³/mol. The zero-order valence-corrected chi connectivity index (χ0v) is 12.8. The fraction of sp³-hybridized carbons (Fsp3) is 0.500. The molecule has 0 bridgehead atoms. The molecule has 1 aromatic carbocycles. The molecule has 1 aromatic rings. The van der Waals surface area contributed by atoms with Gasteiger partial charge >= 0.3 is 5.97 Å². The van der Waals surface area contributed by atoms with E-state index in [2.05, 4.69) is 5.32 Å². The van der Waals surface area contributed by atoms with Gasteiger partial charge in [0.1, 0.15) is 11.8 Å². The van der Waals surface area contributed by atoms with E-state index in [4.69, 9.17) is 9.84 Å². The molecule has 21 heavy (non-hydrogen) atoms. The van der Waals surface area contributed by atoms with Crippen molar-refractivity contribution < 1.29 is 19.4 Å². The summed E-state index contributed by atoms with van der Waals surface area (Å²) in [7, 11) is 0. The average molecular weight is 293 g/mol. The van der Waals surface area contributed by atoms with E-state index < -0.39 is 12.0 Å². The summed E-state index contributed by atoms with van der Waals surface area (Å²) in [5.74, 6) is -0.548. The number of aliphatic carboxylic acids is 1. The van der Waals surface area contributed by atoms with Gasteiger partial charge in [-0.25, -0.2) is 4.79 Å². The lowest BCUT2D eigenvalue weighted by atomic mass is 10.1. The van der Waals surface area contributed by atoms with E-state index in [1.807, 2.05) is 39.0 Å². The molecule has 0 aliphatic heterocycles. The van der Waals surface area contributed by atoms with Gasteiger partial charge < -0.3 is 15.2 Å². The standard InChI is InChI=1S/C16H23NO4/c1-4-6-13(16(19)20)17-15(18)9-10-21-14-8-5-7-11(2)12(14)3/h5,7-8,13H,4,6,9-10H2,1-3H3,(H,17,18)(H,19,20).